The Morgan fingerprint density at radius 3 is 2.41 bits per heavy atom. The van der Waals surface area contributed by atoms with Crippen LogP contribution in [-0.4, -0.2) is 42.1 Å². The van der Waals surface area contributed by atoms with E-state index in [1.54, 1.807) is 7.05 Å². The number of aromatic nitrogens is 2. The van der Waals surface area contributed by atoms with Gasteiger partial charge in [0.05, 0.1) is 5.69 Å². The van der Waals surface area contributed by atoms with Gasteiger partial charge in [-0.05, 0) is 60.6 Å². The second kappa shape index (κ2) is 10.8. The van der Waals surface area contributed by atoms with E-state index in [1.165, 1.54) is 0 Å². The molecule has 0 bridgehead atoms. The molecule has 0 saturated carbocycles. The third kappa shape index (κ3) is 6.76. The summed E-state index contributed by atoms with van der Waals surface area (Å²) in [6.07, 6.45) is -1.89. The quantitative estimate of drug-likeness (QED) is 0.282. The highest BCUT2D eigenvalue weighted by Gasteiger charge is 2.35. The molecule has 0 aliphatic heterocycles. The number of rotatable bonds is 9. The van der Waals surface area contributed by atoms with Crippen LogP contribution in [0.5, 0.6) is 0 Å². The van der Waals surface area contributed by atoms with Crippen LogP contribution in [0.25, 0.3) is 5.70 Å². The molecule has 0 unspecified atom stereocenters. The Balaban J connectivity index is 1.94. The summed E-state index contributed by atoms with van der Waals surface area (Å²) in [6.45, 7) is 7.91. The lowest BCUT2D eigenvalue weighted by atomic mass is 10.1. The van der Waals surface area contributed by atoms with E-state index in [1.807, 2.05) is 67.9 Å². The first-order valence-electron chi connectivity index (χ1n) is 11.4. The average molecular weight is 531 g/mol. The monoisotopic (exact) mass is 530 g/mol. The highest BCUT2D eigenvalue weighted by Crippen LogP contribution is 2.36. The molecule has 0 atom stereocenters. The van der Waals surface area contributed by atoms with Gasteiger partial charge in [-0.25, -0.2) is 4.98 Å². The van der Waals surface area contributed by atoms with Crippen molar-refractivity contribution in [1.29, 1.82) is 0 Å². The largest absolute Gasteiger partial charge is 0.421 e. The van der Waals surface area contributed by atoms with E-state index < -0.39 is 21.1 Å². The molecular formula is C27H33F3N6S. The van der Waals surface area contributed by atoms with Crippen molar-refractivity contribution in [2.24, 2.45) is 0 Å². The molecule has 0 saturated heterocycles. The minimum absolute atomic E-state index is 0.0487. The molecule has 10 heteroatoms. The molecule has 37 heavy (non-hydrogen) atoms. The first-order valence-corrected chi connectivity index (χ1v) is 13.7. The van der Waals surface area contributed by atoms with E-state index in [9.17, 15) is 13.2 Å². The summed E-state index contributed by atoms with van der Waals surface area (Å²) in [5, 5.41) is 8.91. The maximum Gasteiger partial charge on any atom is 0.421 e. The van der Waals surface area contributed by atoms with Gasteiger partial charge in [-0.1, -0.05) is 36.5 Å². The van der Waals surface area contributed by atoms with Gasteiger partial charge in [0.1, 0.15) is 11.4 Å². The van der Waals surface area contributed by atoms with E-state index in [4.69, 9.17) is 0 Å². The van der Waals surface area contributed by atoms with E-state index >= 15 is 0 Å². The van der Waals surface area contributed by atoms with Gasteiger partial charge in [-0.3, -0.25) is 0 Å². The second-order valence-corrected chi connectivity index (χ2v) is 12.0. The van der Waals surface area contributed by atoms with Gasteiger partial charge in [0.15, 0.2) is 0 Å². The molecule has 6 nitrogen and oxygen atoms in total. The number of halogens is 3. The Morgan fingerprint density at radius 2 is 1.81 bits per heavy atom. The number of aryl methyl sites for hydroxylation is 2. The SMILES string of the molecule is C=C(NC)c1ccc(Nc2ncc(C(F)(F)F)c(NCc3ccc(C)cc3N(C)S(=C)(=C)C)n2)c(C)c1. The summed E-state index contributed by atoms with van der Waals surface area (Å²) >= 11 is 0. The van der Waals surface area contributed by atoms with Crippen LogP contribution in [0, 0.1) is 13.8 Å². The van der Waals surface area contributed by atoms with E-state index in [-0.39, 0.29) is 18.3 Å². The number of hydrogen-bond donors (Lipinski definition) is 3. The fraction of sp³-hybridized carbons (Fsp3) is 0.259. The zero-order chi connectivity index (χ0) is 27.5. The van der Waals surface area contributed by atoms with Crippen LogP contribution in [0.3, 0.4) is 0 Å². The predicted octanol–water partition coefficient (Wildman–Crippen LogP) is 6.31. The zero-order valence-corrected chi connectivity index (χ0v) is 22.6. The third-order valence-electron chi connectivity index (χ3n) is 5.90. The first kappa shape index (κ1) is 27.9. The number of nitrogens with one attached hydrogen (secondary N) is 3. The van der Waals surface area contributed by atoms with Crippen LogP contribution in [-0.2, 0) is 12.7 Å². The van der Waals surface area contributed by atoms with Crippen molar-refractivity contribution in [3.05, 3.63) is 77.0 Å². The fourth-order valence-electron chi connectivity index (χ4n) is 3.57. The molecule has 0 radical (unpaired) electrons. The molecule has 0 amide bonds. The summed E-state index contributed by atoms with van der Waals surface area (Å²) < 4.78 is 43.3. The number of alkyl halides is 3. The van der Waals surface area contributed by atoms with E-state index in [0.29, 0.717) is 5.69 Å². The predicted molar refractivity (Wildman–Crippen MR) is 154 cm³/mol. The summed E-state index contributed by atoms with van der Waals surface area (Å²) in [5.41, 5.74) is 4.95. The van der Waals surface area contributed by atoms with Crippen LogP contribution >= 0.6 is 9.39 Å². The van der Waals surface area contributed by atoms with Gasteiger partial charge in [0, 0.05) is 38.2 Å². The molecule has 1 heterocycles. The Labute approximate surface area is 217 Å². The van der Waals surface area contributed by atoms with E-state index in [0.717, 1.165) is 39.8 Å². The van der Waals surface area contributed by atoms with Crippen LogP contribution in [0.4, 0.5) is 36.3 Å². The third-order valence-corrected chi connectivity index (χ3v) is 7.42. The second-order valence-electron chi connectivity index (χ2n) is 9.04. The normalized spacial score (nSPS) is 11.7. The Kier molecular flexibility index (Phi) is 8.12. The van der Waals surface area contributed by atoms with Gasteiger partial charge in [-0.2, -0.15) is 18.2 Å². The van der Waals surface area contributed by atoms with Crippen LogP contribution in [0.1, 0.15) is 27.8 Å². The summed E-state index contributed by atoms with van der Waals surface area (Å²) in [4.78, 5) is 8.12. The Morgan fingerprint density at radius 1 is 1.11 bits per heavy atom. The number of anilines is 4. The first-order chi connectivity index (χ1) is 17.2. The summed E-state index contributed by atoms with van der Waals surface area (Å²) in [7, 11) is 2.09. The molecular weight excluding hydrogens is 497 g/mol. The molecule has 0 fully saturated rings. The zero-order valence-electron chi connectivity index (χ0n) is 21.8. The van der Waals surface area contributed by atoms with Crippen molar-refractivity contribution >= 4 is 50.0 Å². The van der Waals surface area contributed by atoms with Gasteiger partial charge in [0.2, 0.25) is 5.95 Å². The molecule has 3 rings (SSSR count). The molecule has 198 valence electrons. The fourth-order valence-corrected chi connectivity index (χ4v) is 4.22. The van der Waals surface area contributed by atoms with Crippen molar-refractivity contribution in [2.45, 2.75) is 26.6 Å². The van der Waals surface area contributed by atoms with Gasteiger partial charge in [0.25, 0.3) is 0 Å². The minimum atomic E-state index is -4.62. The average Bonchev–Trinajstić information content (AvgIpc) is 2.82. The van der Waals surface area contributed by atoms with Crippen LogP contribution in [0.2, 0.25) is 0 Å². The van der Waals surface area contributed by atoms with Crippen molar-refractivity contribution in [3.8, 4) is 0 Å². The summed E-state index contributed by atoms with van der Waals surface area (Å²) in [6, 6.07) is 11.4. The van der Waals surface area contributed by atoms with Crippen molar-refractivity contribution < 1.29 is 13.2 Å². The van der Waals surface area contributed by atoms with Crippen molar-refractivity contribution in [3.63, 3.8) is 0 Å². The smallest absolute Gasteiger partial charge is 0.388 e. The highest BCUT2D eigenvalue weighted by atomic mass is 32.2. The topological polar surface area (TPSA) is 65.1 Å². The Hall–Kier alpha value is -3.66. The molecule has 0 spiro atoms. The lowest BCUT2D eigenvalue weighted by molar-refractivity contribution is -0.137. The van der Waals surface area contributed by atoms with Gasteiger partial charge in [-0.15, -0.1) is 9.39 Å². The Bertz CT molecular complexity index is 1410. The van der Waals surface area contributed by atoms with Crippen LogP contribution < -0.4 is 20.3 Å². The number of benzene rings is 2. The molecule has 3 N–H and O–H groups in total. The van der Waals surface area contributed by atoms with E-state index in [2.05, 4.69) is 44.2 Å². The maximum absolute atomic E-state index is 13.8. The van der Waals surface area contributed by atoms with Crippen LogP contribution in [0.15, 0.2) is 49.2 Å². The molecule has 3 aromatic rings. The van der Waals surface area contributed by atoms with Crippen molar-refractivity contribution in [1.82, 2.24) is 15.3 Å². The maximum atomic E-state index is 13.8. The lowest BCUT2D eigenvalue weighted by Crippen LogP contribution is -2.17. The van der Waals surface area contributed by atoms with Gasteiger partial charge >= 0.3 is 6.18 Å². The molecule has 2 aromatic carbocycles. The summed E-state index contributed by atoms with van der Waals surface area (Å²) in [5.74, 6) is 8.04. The molecule has 0 aliphatic carbocycles. The minimum Gasteiger partial charge on any atom is -0.388 e. The molecule has 1 aromatic heterocycles. The standard InChI is InChI=1S/C27H33F3N6S/c1-17-9-10-21(24(13-17)36(5)37(6,7)8)15-32-25-22(27(28,29)30)16-33-26(35-25)34-23-12-11-20(14-18(23)2)19(3)31-4/h9-14,16,31H,3,6-7,15H2,1-2,4-5,8H3,(H2,32,33,34,35). The van der Waals surface area contributed by atoms with Crippen molar-refractivity contribution in [2.75, 3.05) is 35.3 Å². The van der Waals surface area contributed by atoms with Gasteiger partial charge < -0.3 is 20.3 Å². The number of nitrogens with zero attached hydrogens (tertiary/aromatic N) is 3. The lowest BCUT2D eigenvalue weighted by Gasteiger charge is -2.28. The number of hydrogen-bond acceptors (Lipinski definition) is 6. The molecule has 0 aliphatic rings. The highest BCUT2D eigenvalue weighted by molar-refractivity contribution is 8.28.